The predicted octanol–water partition coefficient (Wildman–Crippen LogP) is 1.38. The molecule has 1 fully saturated rings. The largest absolute Gasteiger partial charge is 0.368 e. The summed E-state index contributed by atoms with van der Waals surface area (Å²) in [6.07, 6.45) is 2.96. The second-order valence-electron chi connectivity index (χ2n) is 5.58. The van der Waals surface area contributed by atoms with E-state index in [2.05, 4.69) is 20.2 Å². The minimum atomic E-state index is -0.332. The first kappa shape index (κ1) is 13.9. The number of H-pyrrole nitrogens is 1. The van der Waals surface area contributed by atoms with E-state index in [9.17, 15) is 4.79 Å². The van der Waals surface area contributed by atoms with Gasteiger partial charge in [-0.3, -0.25) is 14.5 Å². The Morgan fingerprint density at radius 2 is 2.30 bits per heavy atom. The van der Waals surface area contributed by atoms with E-state index in [4.69, 9.17) is 10.5 Å². The van der Waals surface area contributed by atoms with Crippen molar-refractivity contribution in [1.82, 2.24) is 24.7 Å². The van der Waals surface area contributed by atoms with E-state index in [1.54, 1.807) is 22.9 Å². The predicted molar refractivity (Wildman–Crippen MR) is 84.8 cm³/mol. The lowest BCUT2D eigenvalue weighted by molar-refractivity contribution is 0.0571. The number of fused-ring (bicyclic) bond motifs is 1. The first-order valence-electron chi connectivity index (χ1n) is 7.46. The Hall–Kier alpha value is -2.74. The van der Waals surface area contributed by atoms with Crippen molar-refractivity contribution in [2.75, 3.05) is 12.3 Å². The van der Waals surface area contributed by atoms with Gasteiger partial charge in [0.05, 0.1) is 17.0 Å². The highest BCUT2D eigenvalue weighted by Gasteiger charge is 2.24. The molecule has 0 unspecified atom stereocenters. The average molecular weight is 312 g/mol. The van der Waals surface area contributed by atoms with Crippen LogP contribution in [0.15, 0.2) is 23.1 Å². The van der Waals surface area contributed by atoms with Gasteiger partial charge in [0.2, 0.25) is 5.95 Å². The van der Waals surface area contributed by atoms with Gasteiger partial charge in [0, 0.05) is 18.2 Å². The molecule has 0 spiro atoms. The molecular weight excluding hydrogens is 296 g/mol. The van der Waals surface area contributed by atoms with Crippen LogP contribution in [-0.4, -0.2) is 31.3 Å². The average Bonchev–Trinajstić information content (AvgIpc) is 3.20. The number of nitrogens with two attached hydrogens (primary N) is 1. The summed E-state index contributed by atoms with van der Waals surface area (Å²) >= 11 is 0. The van der Waals surface area contributed by atoms with Crippen LogP contribution in [0.2, 0.25) is 0 Å². The van der Waals surface area contributed by atoms with Crippen molar-refractivity contribution >= 4 is 17.0 Å². The van der Waals surface area contributed by atoms with E-state index in [1.165, 1.54) is 0 Å². The fourth-order valence-corrected chi connectivity index (χ4v) is 3.00. The second kappa shape index (κ2) is 5.17. The van der Waals surface area contributed by atoms with Crippen LogP contribution >= 0.6 is 0 Å². The van der Waals surface area contributed by atoms with Crippen molar-refractivity contribution in [2.45, 2.75) is 26.0 Å². The molecule has 8 nitrogen and oxygen atoms in total. The van der Waals surface area contributed by atoms with Crippen molar-refractivity contribution < 1.29 is 4.74 Å². The van der Waals surface area contributed by atoms with Gasteiger partial charge in [-0.2, -0.15) is 10.1 Å². The highest BCUT2D eigenvalue weighted by Crippen LogP contribution is 2.28. The fraction of sp³-hybridized carbons (Fsp3) is 0.333. The summed E-state index contributed by atoms with van der Waals surface area (Å²) in [5, 5.41) is 7.54. The zero-order valence-electron chi connectivity index (χ0n) is 12.6. The molecule has 0 aromatic carbocycles. The van der Waals surface area contributed by atoms with Crippen LogP contribution in [0.25, 0.3) is 22.3 Å². The maximum absolute atomic E-state index is 13.0. The minimum absolute atomic E-state index is 0.149. The van der Waals surface area contributed by atoms with Crippen LogP contribution in [0.5, 0.6) is 0 Å². The Morgan fingerprint density at radius 1 is 1.43 bits per heavy atom. The summed E-state index contributed by atoms with van der Waals surface area (Å²) in [6.45, 7) is 2.48. The van der Waals surface area contributed by atoms with E-state index in [-0.39, 0.29) is 17.7 Å². The molecule has 1 atom stereocenters. The smallest absolute Gasteiger partial charge is 0.263 e. The van der Waals surface area contributed by atoms with Crippen molar-refractivity contribution in [3.8, 4) is 11.3 Å². The molecule has 3 aromatic rings. The lowest BCUT2D eigenvalue weighted by Crippen LogP contribution is -2.27. The molecular formula is C15H16N6O2. The Bertz CT molecular complexity index is 925. The number of nitrogens with one attached hydrogen (secondary N) is 1. The molecule has 0 radical (unpaired) electrons. The normalized spacial score (nSPS) is 17.9. The SMILES string of the molecule is Cc1nc(N)nc2c1cc(-c1ccn[nH]1)c(=O)n2[C@H]1CCCO1. The number of anilines is 1. The Morgan fingerprint density at radius 3 is 3.00 bits per heavy atom. The van der Waals surface area contributed by atoms with Gasteiger partial charge < -0.3 is 10.5 Å². The van der Waals surface area contributed by atoms with Crippen LogP contribution in [0.1, 0.15) is 24.8 Å². The number of rotatable bonds is 2. The third-order valence-corrected chi connectivity index (χ3v) is 4.08. The highest BCUT2D eigenvalue weighted by molar-refractivity contribution is 5.83. The molecule has 1 aliphatic rings. The third kappa shape index (κ3) is 2.18. The quantitative estimate of drug-likeness (QED) is 0.739. The summed E-state index contributed by atoms with van der Waals surface area (Å²) in [7, 11) is 0. The van der Waals surface area contributed by atoms with Gasteiger partial charge in [-0.15, -0.1) is 0 Å². The Labute approximate surface area is 131 Å². The van der Waals surface area contributed by atoms with E-state index >= 15 is 0 Å². The number of ether oxygens (including phenoxy) is 1. The Balaban J connectivity index is 2.10. The lowest BCUT2D eigenvalue weighted by Gasteiger charge is -2.18. The number of pyridine rings is 1. The molecule has 1 aliphatic heterocycles. The number of nitrogen functional groups attached to an aromatic ring is 1. The molecule has 0 amide bonds. The number of hydrogen-bond donors (Lipinski definition) is 2. The summed E-state index contributed by atoms with van der Waals surface area (Å²) < 4.78 is 7.30. The lowest BCUT2D eigenvalue weighted by atomic mass is 10.1. The summed E-state index contributed by atoms with van der Waals surface area (Å²) in [5.41, 5.74) is 8.01. The van der Waals surface area contributed by atoms with Crippen molar-refractivity contribution in [3.05, 3.63) is 34.4 Å². The molecule has 118 valence electrons. The van der Waals surface area contributed by atoms with Crippen molar-refractivity contribution in [3.63, 3.8) is 0 Å². The van der Waals surface area contributed by atoms with Crippen molar-refractivity contribution in [1.29, 1.82) is 0 Å². The molecule has 1 saturated heterocycles. The fourth-order valence-electron chi connectivity index (χ4n) is 3.00. The van der Waals surface area contributed by atoms with Gasteiger partial charge in [-0.25, -0.2) is 4.98 Å². The van der Waals surface area contributed by atoms with Crippen LogP contribution in [0.3, 0.4) is 0 Å². The molecule has 4 rings (SSSR count). The van der Waals surface area contributed by atoms with Crippen molar-refractivity contribution in [2.24, 2.45) is 0 Å². The molecule has 0 saturated carbocycles. The van der Waals surface area contributed by atoms with Gasteiger partial charge in [-0.05, 0) is 31.9 Å². The maximum atomic E-state index is 13.0. The molecule has 8 heteroatoms. The molecule has 3 N–H and O–H groups in total. The first-order valence-corrected chi connectivity index (χ1v) is 7.46. The van der Waals surface area contributed by atoms with Gasteiger partial charge in [0.15, 0.2) is 5.65 Å². The summed E-state index contributed by atoms with van der Waals surface area (Å²) in [4.78, 5) is 21.5. The molecule has 0 aliphatic carbocycles. The number of aromatic amines is 1. The van der Waals surface area contributed by atoms with Gasteiger partial charge >= 0.3 is 0 Å². The zero-order chi connectivity index (χ0) is 16.0. The number of nitrogens with zero attached hydrogens (tertiary/aromatic N) is 4. The third-order valence-electron chi connectivity index (χ3n) is 4.08. The molecule has 0 bridgehead atoms. The topological polar surface area (TPSA) is 112 Å². The second-order valence-corrected chi connectivity index (χ2v) is 5.58. The number of hydrogen-bond acceptors (Lipinski definition) is 6. The highest BCUT2D eigenvalue weighted by atomic mass is 16.5. The number of aryl methyl sites for hydroxylation is 1. The van der Waals surface area contributed by atoms with Crippen LogP contribution in [-0.2, 0) is 4.74 Å². The minimum Gasteiger partial charge on any atom is -0.368 e. The molecule has 4 heterocycles. The summed E-state index contributed by atoms with van der Waals surface area (Å²) in [5.74, 6) is 0.149. The summed E-state index contributed by atoms with van der Waals surface area (Å²) in [6, 6.07) is 3.54. The van der Waals surface area contributed by atoms with Crippen LogP contribution in [0, 0.1) is 6.92 Å². The van der Waals surface area contributed by atoms with E-state index < -0.39 is 0 Å². The first-order chi connectivity index (χ1) is 11.1. The van der Waals surface area contributed by atoms with E-state index in [1.807, 2.05) is 6.92 Å². The molecule has 23 heavy (non-hydrogen) atoms. The van der Waals surface area contributed by atoms with Crippen LogP contribution in [0.4, 0.5) is 5.95 Å². The van der Waals surface area contributed by atoms with Gasteiger partial charge in [-0.1, -0.05) is 0 Å². The number of aromatic nitrogens is 5. The van der Waals surface area contributed by atoms with Gasteiger partial charge in [0.1, 0.15) is 6.23 Å². The maximum Gasteiger partial charge on any atom is 0.263 e. The zero-order valence-corrected chi connectivity index (χ0v) is 12.6. The molecule has 3 aromatic heterocycles. The van der Waals surface area contributed by atoms with E-state index in [0.717, 1.165) is 23.9 Å². The van der Waals surface area contributed by atoms with Crippen LogP contribution < -0.4 is 11.3 Å². The van der Waals surface area contributed by atoms with Gasteiger partial charge in [0.25, 0.3) is 5.56 Å². The van der Waals surface area contributed by atoms with E-state index in [0.29, 0.717) is 23.5 Å². The monoisotopic (exact) mass is 312 g/mol. The standard InChI is InChI=1S/C15H16N6O2/c1-8-9-7-10(11-4-5-17-20-11)14(22)21(12-3-2-6-23-12)13(9)19-15(16)18-8/h4-5,7,12H,2-3,6H2,1H3,(H,17,20)(H2,16,18,19)/t12-/m1/s1. The Kier molecular flexibility index (Phi) is 3.12.